The Balaban J connectivity index is 2.62. The minimum atomic E-state index is -4.31. The molecule has 0 saturated carbocycles. The van der Waals surface area contributed by atoms with E-state index in [9.17, 15) is 18.0 Å². The van der Waals surface area contributed by atoms with Gasteiger partial charge in [0.2, 0.25) is 0 Å². The van der Waals surface area contributed by atoms with E-state index in [1.165, 1.54) is 24.3 Å². The van der Waals surface area contributed by atoms with E-state index < -0.39 is 16.9 Å². The molecule has 1 aromatic rings. The zero-order valence-electron chi connectivity index (χ0n) is 9.08. The van der Waals surface area contributed by atoms with Crippen molar-refractivity contribution in [2.24, 2.45) is 0 Å². The van der Waals surface area contributed by atoms with E-state index in [4.69, 9.17) is 16.7 Å². The average molecular weight is 299 g/mol. The fourth-order valence-electron chi connectivity index (χ4n) is 1.30. The molecule has 2 nitrogen and oxygen atoms in total. The van der Waals surface area contributed by atoms with Crippen LogP contribution in [0.15, 0.2) is 29.2 Å². The number of rotatable bonds is 5. The predicted octanol–water partition coefficient (Wildman–Crippen LogP) is 4.44. The number of hydrogen-bond acceptors (Lipinski definition) is 2. The summed E-state index contributed by atoms with van der Waals surface area (Å²) < 4.78 is 36.2. The van der Waals surface area contributed by atoms with Crippen molar-refractivity contribution in [1.29, 1.82) is 0 Å². The fourth-order valence-corrected chi connectivity index (χ4v) is 2.09. The van der Waals surface area contributed by atoms with Crippen LogP contribution in [0.3, 0.4) is 0 Å². The van der Waals surface area contributed by atoms with Gasteiger partial charge in [0.15, 0.2) is 0 Å². The molecule has 0 radical (unpaired) electrons. The van der Waals surface area contributed by atoms with Gasteiger partial charge in [-0.25, -0.2) is 0 Å². The van der Waals surface area contributed by atoms with Crippen LogP contribution in [-0.2, 0) is 4.79 Å². The summed E-state index contributed by atoms with van der Waals surface area (Å²) in [6.07, 6.45) is 0.163. The van der Waals surface area contributed by atoms with E-state index in [0.29, 0.717) is 5.56 Å². The number of alkyl halides is 4. The summed E-state index contributed by atoms with van der Waals surface area (Å²) >= 11 is 5.75. The molecule has 0 aliphatic rings. The highest BCUT2D eigenvalue weighted by Gasteiger charge is 2.29. The SMILES string of the molecule is O=C(O)CCC(Cl)c1ccc(SC(F)(F)F)cc1. The second-order valence-electron chi connectivity index (χ2n) is 3.52. The van der Waals surface area contributed by atoms with E-state index in [2.05, 4.69) is 0 Å². The number of aliphatic carboxylic acids is 1. The summed E-state index contributed by atoms with van der Waals surface area (Å²) in [7, 11) is 0. The van der Waals surface area contributed by atoms with E-state index in [-0.39, 0.29) is 29.5 Å². The lowest BCUT2D eigenvalue weighted by Gasteiger charge is -2.10. The van der Waals surface area contributed by atoms with Crippen LogP contribution in [0.2, 0.25) is 0 Å². The summed E-state index contributed by atoms with van der Waals surface area (Å²) in [4.78, 5) is 10.4. The maximum Gasteiger partial charge on any atom is 0.446 e. The van der Waals surface area contributed by atoms with Gasteiger partial charge in [0.05, 0.1) is 5.38 Å². The first kappa shape index (κ1) is 15.2. The third-order valence-electron chi connectivity index (χ3n) is 2.09. The lowest BCUT2D eigenvalue weighted by molar-refractivity contribution is -0.137. The number of carbonyl (C=O) groups is 1. The van der Waals surface area contributed by atoms with Gasteiger partial charge in [-0.3, -0.25) is 4.79 Å². The summed E-state index contributed by atoms with van der Waals surface area (Å²) in [5.41, 5.74) is -3.70. The van der Waals surface area contributed by atoms with Crippen molar-refractivity contribution in [3.63, 3.8) is 0 Å². The Kier molecular flexibility index (Phi) is 5.34. The molecule has 0 saturated heterocycles. The highest BCUT2D eigenvalue weighted by Crippen LogP contribution is 2.37. The monoisotopic (exact) mass is 298 g/mol. The topological polar surface area (TPSA) is 37.3 Å². The van der Waals surface area contributed by atoms with E-state index in [1.54, 1.807) is 0 Å². The Labute approximate surface area is 111 Å². The first-order valence-corrected chi connectivity index (χ1v) is 6.25. The van der Waals surface area contributed by atoms with Crippen molar-refractivity contribution in [2.45, 2.75) is 28.6 Å². The molecular weight excluding hydrogens is 289 g/mol. The lowest BCUT2D eigenvalue weighted by Crippen LogP contribution is -2.00. The van der Waals surface area contributed by atoms with Gasteiger partial charge in [-0.05, 0) is 35.9 Å². The van der Waals surface area contributed by atoms with Crippen molar-refractivity contribution >= 4 is 29.3 Å². The molecule has 0 aromatic heterocycles. The molecule has 0 aliphatic carbocycles. The summed E-state index contributed by atoms with van der Waals surface area (Å²) in [5.74, 6) is -0.954. The van der Waals surface area contributed by atoms with Crippen LogP contribution in [0.4, 0.5) is 13.2 Å². The molecule has 18 heavy (non-hydrogen) atoms. The van der Waals surface area contributed by atoms with E-state index in [0.717, 1.165) is 0 Å². The van der Waals surface area contributed by atoms with E-state index in [1.807, 2.05) is 0 Å². The Hall–Kier alpha value is -0.880. The molecule has 1 atom stereocenters. The van der Waals surface area contributed by atoms with Crippen LogP contribution in [0.1, 0.15) is 23.8 Å². The molecule has 100 valence electrons. The number of halogens is 4. The van der Waals surface area contributed by atoms with Gasteiger partial charge in [-0.2, -0.15) is 13.2 Å². The first-order valence-electron chi connectivity index (χ1n) is 4.99. The summed E-state index contributed by atoms with van der Waals surface area (Å²) in [6, 6.07) is 5.61. The van der Waals surface area contributed by atoms with Crippen molar-refractivity contribution in [1.82, 2.24) is 0 Å². The number of thioether (sulfide) groups is 1. The lowest BCUT2D eigenvalue weighted by atomic mass is 10.1. The molecule has 7 heteroatoms. The Bertz CT molecular complexity index is 406. The Morgan fingerprint density at radius 2 is 1.89 bits per heavy atom. The molecule has 0 heterocycles. The normalized spacial score (nSPS) is 13.3. The third kappa shape index (κ3) is 5.64. The smallest absolute Gasteiger partial charge is 0.446 e. The molecule has 0 amide bonds. The average Bonchev–Trinajstić information content (AvgIpc) is 2.24. The number of carboxylic acids is 1. The second kappa shape index (κ2) is 6.33. The largest absolute Gasteiger partial charge is 0.481 e. The quantitative estimate of drug-likeness (QED) is 0.645. The minimum Gasteiger partial charge on any atom is -0.481 e. The highest BCUT2D eigenvalue weighted by atomic mass is 35.5. The molecule has 0 fully saturated rings. The Morgan fingerprint density at radius 3 is 2.33 bits per heavy atom. The molecular formula is C11H10ClF3O2S. The van der Waals surface area contributed by atoms with Crippen LogP contribution in [-0.4, -0.2) is 16.6 Å². The maximum atomic E-state index is 12.1. The molecule has 1 rings (SSSR count). The molecule has 0 bridgehead atoms. The Morgan fingerprint density at radius 1 is 1.33 bits per heavy atom. The minimum absolute atomic E-state index is 0.0762. The highest BCUT2D eigenvalue weighted by molar-refractivity contribution is 8.00. The zero-order valence-corrected chi connectivity index (χ0v) is 10.6. The van der Waals surface area contributed by atoms with Crippen molar-refractivity contribution in [2.75, 3.05) is 0 Å². The second-order valence-corrected chi connectivity index (χ2v) is 5.18. The van der Waals surface area contributed by atoms with Gasteiger partial charge in [0, 0.05) is 11.3 Å². The van der Waals surface area contributed by atoms with Crippen LogP contribution >= 0.6 is 23.4 Å². The molecule has 1 N–H and O–H groups in total. The molecule has 1 unspecified atom stereocenters. The number of hydrogen-bond donors (Lipinski definition) is 1. The van der Waals surface area contributed by atoms with E-state index >= 15 is 0 Å². The van der Waals surface area contributed by atoms with Crippen LogP contribution in [0.5, 0.6) is 0 Å². The van der Waals surface area contributed by atoms with Crippen LogP contribution < -0.4 is 0 Å². The van der Waals surface area contributed by atoms with Crippen molar-refractivity contribution < 1.29 is 23.1 Å². The summed E-state index contributed by atoms with van der Waals surface area (Å²) in [5, 5.41) is 7.99. The maximum absolute atomic E-state index is 12.1. The van der Waals surface area contributed by atoms with Crippen molar-refractivity contribution in [3.05, 3.63) is 29.8 Å². The molecule has 0 aliphatic heterocycles. The van der Waals surface area contributed by atoms with Gasteiger partial charge < -0.3 is 5.11 Å². The number of carboxylic acid groups (broad SMARTS) is 1. The molecule has 0 spiro atoms. The molecule has 1 aromatic carbocycles. The van der Waals surface area contributed by atoms with Crippen molar-refractivity contribution in [3.8, 4) is 0 Å². The van der Waals surface area contributed by atoms with Gasteiger partial charge in [-0.15, -0.1) is 11.6 Å². The predicted molar refractivity (Wildman–Crippen MR) is 63.8 cm³/mol. The van der Waals surface area contributed by atoms with Gasteiger partial charge >= 0.3 is 11.5 Å². The first-order chi connectivity index (χ1) is 8.28. The van der Waals surface area contributed by atoms with Crippen LogP contribution in [0.25, 0.3) is 0 Å². The van der Waals surface area contributed by atoms with Crippen LogP contribution in [0, 0.1) is 0 Å². The third-order valence-corrected chi connectivity index (χ3v) is 3.30. The standard InChI is InChI=1S/C11H10ClF3O2S/c12-9(5-6-10(16)17)7-1-3-8(4-2-7)18-11(13,14)15/h1-4,9H,5-6H2,(H,16,17). The number of benzene rings is 1. The summed E-state index contributed by atoms with van der Waals surface area (Å²) in [6.45, 7) is 0. The van der Waals surface area contributed by atoms with Gasteiger partial charge in [0.1, 0.15) is 0 Å². The zero-order chi connectivity index (χ0) is 13.8. The van der Waals surface area contributed by atoms with Gasteiger partial charge in [0.25, 0.3) is 0 Å². The van der Waals surface area contributed by atoms with Gasteiger partial charge in [-0.1, -0.05) is 12.1 Å². The fraction of sp³-hybridized carbons (Fsp3) is 0.364.